The van der Waals surface area contributed by atoms with Gasteiger partial charge in [-0.15, -0.1) is 10.2 Å². The monoisotopic (exact) mass is 308 g/mol. The smallest absolute Gasteiger partial charge is 0.227 e. The van der Waals surface area contributed by atoms with E-state index in [9.17, 15) is 4.79 Å². The summed E-state index contributed by atoms with van der Waals surface area (Å²) in [5, 5.41) is 12.1. The third-order valence-corrected chi connectivity index (χ3v) is 4.57. The van der Waals surface area contributed by atoms with Crippen LogP contribution in [0.5, 0.6) is 0 Å². The van der Waals surface area contributed by atoms with Crippen molar-refractivity contribution in [3.8, 4) is 0 Å². The summed E-state index contributed by atoms with van der Waals surface area (Å²) in [6, 6.07) is 5.50. The molecule has 0 atom stereocenters. The minimum atomic E-state index is 0.0785. The van der Waals surface area contributed by atoms with Crippen LogP contribution < -0.4 is 5.32 Å². The van der Waals surface area contributed by atoms with E-state index in [1.165, 1.54) is 11.8 Å². The molecule has 7 heteroatoms. The van der Waals surface area contributed by atoms with Gasteiger partial charge >= 0.3 is 0 Å². The average Bonchev–Trinajstić information content (AvgIpc) is 3.18. The highest BCUT2D eigenvalue weighted by atomic mass is 35.5. The predicted molar refractivity (Wildman–Crippen MR) is 77.9 cm³/mol. The Balaban J connectivity index is 1.73. The summed E-state index contributed by atoms with van der Waals surface area (Å²) in [7, 11) is 1.88. The van der Waals surface area contributed by atoms with Crippen LogP contribution in [-0.2, 0) is 11.8 Å². The van der Waals surface area contributed by atoms with E-state index in [1.54, 1.807) is 12.4 Å². The number of amides is 1. The van der Waals surface area contributed by atoms with E-state index in [1.807, 2.05) is 23.7 Å². The number of nitrogens with one attached hydrogen (secondary N) is 1. The Labute approximate surface area is 125 Å². The van der Waals surface area contributed by atoms with Crippen molar-refractivity contribution in [1.82, 2.24) is 14.8 Å². The largest absolute Gasteiger partial charge is 0.326 e. The van der Waals surface area contributed by atoms with Gasteiger partial charge in [-0.1, -0.05) is 11.6 Å². The van der Waals surface area contributed by atoms with Gasteiger partial charge in [0.25, 0.3) is 0 Å². The molecular formula is C13H13ClN4OS. The lowest BCUT2D eigenvalue weighted by Gasteiger charge is -2.07. The highest BCUT2D eigenvalue weighted by Crippen LogP contribution is 2.34. The Morgan fingerprint density at radius 1 is 1.50 bits per heavy atom. The molecular weight excluding hydrogens is 296 g/mol. The number of benzene rings is 1. The number of carbonyl (C=O) groups is 1. The fourth-order valence-corrected chi connectivity index (χ4v) is 2.78. The quantitative estimate of drug-likeness (QED) is 0.943. The highest BCUT2D eigenvalue weighted by Gasteiger charge is 2.29. The number of hydrogen-bond acceptors (Lipinski definition) is 4. The SMILES string of the molecule is Cn1cnnc1Sc1ccc(NC(=O)C2CC2)cc1Cl. The summed E-state index contributed by atoms with van der Waals surface area (Å²) >= 11 is 7.69. The van der Waals surface area contributed by atoms with Crippen molar-refractivity contribution < 1.29 is 4.79 Å². The van der Waals surface area contributed by atoms with Gasteiger partial charge in [-0.2, -0.15) is 0 Å². The Morgan fingerprint density at radius 3 is 2.90 bits per heavy atom. The lowest BCUT2D eigenvalue weighted by molar-refractivity contribution is -0.117. The van der Waals surface area contributed by atoms with Crippen LogP contribution in [0.1, 0.15) is 12.8 Å². The number of aryl methyl sites for hydroxylation is 1. The Kier molecular flexibility index (Phi) is 3.67. The van der Waals surface area contributed by atoms with Crippen molar-refractivity contribution in [2.75, 3.05) is 5.32 Å². The van der Waals surface area contributed by atoms with Crippen LogP contribution in [0.2, 0.25) is 5.02 Å². The van der Waals surface area contributed by atoms with Gasteiger partial charge < -0.3 is 9.88 Å². The molecule has 2 aromatic rings. The molecule has 3 rings (SSSR count). The molecule has 0 bridgehead atoms. The molecule has 0 radical (unpaired) electrons. The van der Waals surface area contributed by atoms with Crippen LogP contribution in [0.3, 0.4) is 0 Å². The van der Waals surface area contributed by atoms with Gasteiger partial charge in [0, 0.05) is 23.5 Å². The number of rotatable bonds is 4. The second kappa shape index (κ2) is 5.46. The zero-order chi connectivity index (χ0) is 14.1. The average molecular weight is 309 g/mol. The van der Waals surface area contributed by atoms with Gasteiger partial charge in [0.1, 0.15) is 6.33 Å². The summed E-state index contributed by atoms with van der Waals surface area (Å²) in [5.74, 6) is 0.260. The normalized spacial score (nSPS) is 14.3. The van der Waals surface area contributed by atoms with Gasteiger partial charge in [-0.25, -0.2) is 0 Å². The van der Waals surface area contributed by atoms with Crippen molar-refractivity contribution in [3.63, 3.8) is 0 Å². The molecule has 0 saturated heterocycles. The molecule has 0 aliphatic heterocycles. The lowest BCUT2D eigenvalue weighted by Crippen LogP contribution is -2.13. The van der Waals surface area contributed by atoms with E-state index >= 15 is 0 Å². The lowest BCUT2D eigenvalue weighted by atomic mass is 10.3. The van der Waals surface area contributed by atoms with Crippen molar-refractivity contribution >= 4 is 35.0 Å². The number of halogens is 1. The van der Waals surface area contributed by atoms with Crippen molar-refractivity contribution in [3.05, 3.63) is 29.5 Å². The van der Waals surface area contributed by atoms with E-state index < -0.39 is 0 Å². The van der Waals surface area contributed by atoms with Crippen molar-refractivity contribution in [2.24, 2.45) is 13.0 Å². The molecule has 1 heterocycles. The van der Waals surface area contributed by atoms with Crippen LogP contribution in [0.15, 0.2) is 34.6 Å². The van der Waals surface area contributed by atoms with Gasteiger partial charge in [0.15, 0.2) is 5.16 Å². The fourth-order valence-electron chi connectivity index (χ4n) is 1.71. The Bertz CT molecular complexity index is 654. The van der Waals surface area contributed by atoms with Gasteiger partial charge in [-0.3, -0.25) is 4.79 Å². The van der Waals surface area contributed by atoms with Crippen LogP contribution in [-0.4, -0.2) is 20.7 Å². The maximum absolute atomic E-state index is 11.7. The van der Waals surface area contributed by atoms with Crippen molar-refractivity contribution in [2.45, 2.75) is 22.9 Å². The summed E-state index contributed by atoms with van der Waals surface area (Å²) in [6.45, 7) is 0. The van der Waals surface area contributed by atoms with Crippen molar-refractivity contribution in [1.29, 1.82) is 0 Å². The molecule has 0 unspecified atom stereocenters. The Hall–Kier alpha value is -1.53. The molecule has 1 fully saturated rings. The standard InChI is InChI=1S/C13H13ClN4OS/c1-18-7-15-17-13(18)20-11-5-4-9(6-10(11)14)16-12(19)8-2-3-8/h4-8H,2-3H2,1H3,(H,16,19). The number of carbonyl (C=O) groups excluding carboxylic acids is 1. The van der Waals surface area contributed by atoms with Crippen LogP contribution >= 0.6 is 23.4 Å². The second-order valence-electron chi connectivity index (χ2n) is 4.74. The van der Waals surface area contributed by atoms with E-state index in [0.29, 0.717) is 5.02 Å². The molecule has 5 nitrogen and oxygen atoms in total. The topological polar surface area (TPSA) is 59.8 Å². The minimum Gasteiger partial charge on any atom is -0.326 e. The molecule has 1 aliphatic carbocycles. The molecule has 1 aliphatic rings. The van der Waals surface area contributed by atoms with Crippen LogP contribution in [0.25, 0.3) is 0 Å². The van der Waals surface area contributed by atoms with Gasteiger partial charge in [0.2, 0.25) is 5.91 Å². The summed E-state index contributed by atoms with van der Waals surface area (Å²) in [5.41, 5.74) is 0.731. The van der Waals surface area contributed by atoms with Crippen LogP contribution in [0, 0.1) is 5.92 Å². The summed E-state index contributed by atoms with van der Waals surface area (Å²) in [4.78, 5) is 12.6. The molecule has 0 spiro atoms. The maximum Gasteiger partial charge on any atom is 0.227 e. The molecule has 104 valence electrons. The van der Waals surface area contributed by atoms with Gasteiger partial charge in [0.05, 0.1) is 5.02 Å². The second-order valence-corrected chi connectivity index (χ2v) is 6.15. The molecule has 20 heavy (non-hydrogen) atoms. The third kappa shape index (κ3) is 2.96. The molecule has 1 N–H and O–H groups in total. The minimum absolute atomic E-state index is 0.0785. The van der Waals surface area contributed by atoms with E-state index in [2.05, 4.69) is 15.5 Å². The molecule has 1 saturated carbocycles. The number of anilines is 1. The third-order valence-electron chi connectivity index (χ3n) is 3.02. The highest BCUT2D eigenvalue weighted by molar-refractivity contribution is 7.99. The molecule has 1 amide bonds. The first-order chi connectivity index (χ1) is 9.63. The first-order valence-electron chi connectivity index (χ1n) is 6.26. The zero-order valence-corrected chi connectivity index (χ0v) is 12.4. The summed E-state index contributed by atoms with van der Waals surface area (Å²) in [6.07, 6.45) is 3.61. The van der Waals surface area contributed by atoms with Crippen LogP contribution in [0.4, 0.5) is 5.69 Å². The summed E-state index contributed by atoms with van der Waals surface area (Å²) < 4.78 is 1.82. The van der Waals surface area contributed by atoms with E-state index in [-0.39, 0.29) is 11.8 Å². The number of hydrogen-bond donors (Lipinski definition) is 1. The first-order valence-corrected chi connectivity index (χ1v) is 7.45. The Morgan fingerprint density at radius 2 is 2.30 bits per heavy atom. The molecule has 1 aromatic carbocycles. The van der Waals surface area contributed by atoms with E-state index in [0.717, 1.165) is 28.6 Å². The zero-order valence-electron chi connectivity index (χ0n) is 10.8. The number of nitrogens with zero attached hydrogens (tertiary/aromatic N) is 3. The first kappa shape index (κ1) is 13.5. The van der Waals surface area contributed by atoms with E-state index in [4.69, 9.17) is 11.6 Å². The molecule has 1 aromatic heterocycles. The van der Waals surface area contributed by atoms with Gasteiger partial charge in [-0.05, 0) is 42.8 Å². The fraction of sp³-hybridized carbons (Fsp3) is 0.308. The predicted octanol–water partition coefficient (Wildman–Crippen LogP) is 2.97. The number of aromatic nitrogens is 3. The maximum atomic E-state index is 11.7.